The first-order valence-electron chi connectivity index (χ1n) is 6.25. The Labute approximate surface area is 112 Å². The smallest absolute Gasteiger partial charge is 0.243 e. The highest BCUT2D eigenvalue weighted by molar-refractivity contribution is 7.89. The zero-order chi connectivity index (χ0) is 13.5. The van der Waals surface area contributed by atoms with Gasteiger partial charge in [-0.05, 0) is 17.9 Å². The van der Waals surface area contributed by atoms with E-state index in [1.54, 1.807) is 12.1 Å². The highest BCUT2D eigenvalue weighted by Crippen LogP contribution is 2.27. The molecule has 2 aromatic rings. The van der Waals surface area contributed by atoms with Crippen LogP contribution < -0.4 is 0 Å². The van der Waals surface area contributed by atoms with Gasteiger partial charge < -0.3 is 5.11 Å². The Bertz CT molecular complexity index is 706. The monoisotopic (exact) mass is 277 g/mol. The maximum absolute atomic E-state index is 12.6. The van der Waals surface area contributed by atoms with Crippen LogP contribution in [-0.2, 0) is 10.0 Å². The normalized spacial score (nSPS) is 21.0. The van der Waals surface area contributed by atoms with Crippen molar-refractivity contribution in [2.24, 2.45) is 0 Å². The second-order valence-electron chi connectivity index (χ2n) is 4.78. The van der Waals surface area contributed by atoms with Crippen LogP contribution in [0.3, 0.4) is 0 Å². The molecule has 1 unspecified atom stereocenters. The predicted molar refractivity (Wildman–Crippen MR) is 73.3 cm³/mol. The molecule has 0 aliphatic carbocycles. The molecule has 1 atom stereocenters. The molecule has 100 valence electrons. The maximum Gasteiger partial charge on any atom is 0.243 e. The van der Waals surface area contributed by atoms with Crippen LogP contribution in [0.2, 0.25) is 0 Å². The second-order valence-corrected chi connectivity index (χ2v) is 6.69. The quantitative estimate of drug-likeness (QED) is 0.907. The van der Waals surface area contributed by atoms with Crippen LogP contribution in [0, 0.1) is 0 Å². The van der Waals surface area contributed by atoms with Gasteiger partial charge in [0, 0.05) is 18.5 Å². The van der Waals surface area contributed by atoms with E-state index in [9.17, 15) is 13.5 Å². The van der Waals surface area contributed by atoms with Crippen LogP contribution in [0.4, 0.5) is 0 Å². The lowest BCUT2D eigenvalue weighted by atomic mass is 10.1. The highest BCUT2D eigenvalue weighted by atomic mass is 32.2. The molecular formula is C14H15NO3S. The lowest BCUT2D eigenvalue weighted by Crippen LogP contribution is -2.29. The van der Waals surface area contributed by atoms with Gasteiger partial charge >= 0.3 is 0 Å². The molecular weight excluding hydrogens is 262 g/mol. The number of aliphatic hydroxyl groups is 1. The van der Waals surface area contributed by atoms with Gasteiger partial charge in [0.05, 0.1) is 11.0 Å². The van der Waals surface area contributed by atoms with Crippen LogP contribution in [0.5, 0.6) is 0 Å². The van der Waals surface area contributed by atoms with Crippen molar-refractivity contribution in [1.29, 1.82) is 0 Å². The molecule has 0 radical (unpaired) electrons. The van der Waals surface area contributed by atoms with Crippen molar-refractivity contribution in [2.45, 2.75) is 17.4 Å². The zero-order valence-corrected chi connectivity index (χ0v) is 11.2. The number of hydrogen-bond donors (Lipinski definition) is 1. The van der Waals surface area contributed by atoms with Crippen LogP contribution in [-0.4, -0.2) is 37.0 Å². The van der Waals surface area contributed by atoms with Gasteiger partial charge in [0.15, 0.2) is 0 Å². The summed E-state index contributed by atoms with van der Waals surface area (Å²) in [5.74, 6) is 0. The topological polar surface area (TPSA) is 57.6 Å². The van der Waals surface area contributed by atoms with E-state index < -0.39 is 16.1 Å². The number of hydrogen-bond acceptors (Lipinski definition) is 3. The zero-order valence-electron chi connectivity index (χ0n) is 10.4. The second kappa shape index (κ2) is 4.59. The van der Waals surface area contributed by atoms with Crippen molar-refractivity contribution in [3.05, 3.63) is 42.5 Å². The van der Waals surface area contributed by atoms with E-state index in [-0.39, 0.29) is 6.54 Å². The third-order valence-electron chi connectivity index (χ3n) is 3.49. The third kappa shape index (κ3) is 2.14. The average molecular weight is 277 g/mol. The molecule has 0 bridgehead atoms. The molecule has 5 heteroatoms. The van der Waals surface area contributed by atoms with E-state index in [1.807, 2.05) is 30.3 Å². The maximum atomic E-state index is 12.6. The van der Waals surface area contributed by atoms with Gasteiger partial charge in [-0.15, -0.1) is 0 Å². The van der Waals surface area contributed by atoms with E-state index in [4.69, 9.17) is 0 Å². The van der Waals surface area contributed by atoms with Crippen molar-refractivity contribution < 1.29 is 13.5 Å². The minimum Gasteiger partial charge on any atom is -0.392 e. The van der Waals surface area contributed by atoms with Crippen molar-refractivity contribution in [2.75, 3.05) is 13.1 Å². The molecule has 1 heterocycles. The molecule has 1 aliphatic heterocycles. The summed E-state index contributed by atoms with van der Waals surface area (Å²) in [4.78, 5) is 0.319. The number of β-amino-alcohol motifs (C(OH)–C–C–N with tert-alkyl or cyclic N) is 1. The van der Waals surface area contributed by atoms with Crippen molar-refractivity contribution in [3.63, 3.8) is 0 Å². The summed E-state index contributed by atoms with van der Waals surface area (Å²) in [6.45, 7) is 0.568. The fourth-order valence-corrected chi connectivity index (χ4v) is 4.20. The fourth-order valence-electron chi connectivity index (χ4n) is 2.49. The number of fused-ring (bicyclic) bond motifs is 1. The van der Waals surface area contributed by atoms with E-state index in [1.165, 1.54) is 4.31 Å². The van der Waals surface area contributed by atoms with Gasteiger partial charge in [0.1, 0.15) is 0 Å². The average Bonchev–Trinajstić information content (AvgIpc) is 2.85. The predicted octanol–water partition coefficient (Wildman–Crippen LogP) is 1.60. The van der Waals surface area contributed by atoms with E-state index >= 15 is 0 Å². The summed E-state index contributed by atoms with van der Waals surface area (Å²) in [5, 5.41) is 11.2. The molecule has 0 amide bonds. The molecule has 1 N–H and O–H groups in total. The minimum atomic E-state index is -3.52. The summed E-state index contributed by atoms with van der Waals surface area (Å²) >= 11 is 0. The summed E-state index contributed by atoms with van der Waals surface area (Å²) in [7, 11) is -3.52. The largest absolute Gasteiger partial charge is 0.392 e. The molecule has 2 aromatic carbocycles. The van der Waals surface area contributed by atoms with Crippen LogP contribution in [0.15, 0.2) is 47.4 Å². The fraction of sp³-hybridized carbons (Fsp3) is 0.286. The highest BCUT2D eigenvalue weighted by Gasteiger charge is 2.32. The Morgan fingerprint density at radius 3 is 2.58 bits per heavy atom. The summed E-state index contributed by atoms with van der Waals surface area (Å²) in [6, 6.07) is 12.7. The standard InChI is InChI=1S/C14H15NO3S/c16-12-8-9-15(10-12)19(17,18)14-7-3-5-11-4-1-2-6-13(11)14/h1-7,12,16H,8-10H2. The van der Waals surface area contributed by atoms with E-state index in [0.717, 1.165) is 10.8 Å². The van der Waals surface area contributed by atoms with Gasteiger partial charge in [-0.3, -0.25) is 0 Å². The first-order chi connectivity index (χ1) is 9.09. The number of nitrogens with zero attached hydrogens (tertiary/aromatic N) is 1. The van der Waals surface area contributed by atoms with Crippen LogP contribution in [0.1, 0.15) is 6.42 Å². The molecule has 19 heavy (non-hydrogen) atoms. The lowest BCUT2D eigenvalue weighted by Gasteiger charge is -2.17. The Morgan fingerprint density at radius 1 is 1.11 bits per heavy atom. The Morgan fingerprint density at radius 2 is 1.84 bits per heavy atom. The van der Waals surface area contributed by atoms with Crippen molar-refractivity contribution in [3.8, 4) is 0 Å². The summed E-state index contributed by atoms with van der Waals surface area (Å²) < 4.78 is 26.6. The van der Waals surface area contributed by atoms with Gasteiger partial charge in [0.2, 0.25) is 10.0 Å². The Balaban J connectivity index is 2.14. The van der Waals surface area contributed by atoms with E-state index in [0.29, 0.717) is 17.9 Å². The third-order valence-corrected chi connectivity index (χ3v) is 5.42. The molecule has 4 nitrogen and oxygen atoms in total. The molecule has 0 aromatic heterocycles. The SMILES string of the molecule is O=S(=O)(c1cccc2ccccc12)N1CCC(O)C1. The molecule has 1 fully saturated rings. The first-order valence-corrected chi connectivity index (χ1v) is 7.69. The lowest BCUT2D eigenvalue weighted by molar-refractivity contribution is 0.189. The van der Waals surface area contributed by atoms with Crippen molar-refractivity contribution >= 4 is 20.8 Å². The number of rotatable bonds is 2. The van der Waals surface area contributed by atoms with Crippen LogP contribution >= 0.6 is 0 Å². The first kappa shape index (κ1) is 12.6. The Hall–Kier alpha value is -1.43. The molecule has 1 aliphatic rings. The Kier molecular flexibility index (Phi) is 3.05. The minimum absolute atomic E-state index is 0.186. The van der Waals surface area contributed by atoms with Crippen LogP contribution in [0.25, 0.3) is 10.8 Å². The van der Waals surface area contributed by atoms with Gasteiger partial charge in [-0.2, -0.15) is 4.31 Å². The summed E-state index contributed by atoms with van der Waals surface area (Å²) in [5.41, 5.74) is 0. The molecule has 3 rings (SSSR count). The molecule has 0 saturated carbocycles. The number of aliphatic hydroxyl groups excluding tert-OH is 1. The number of benzene rings is 2. The van der Waals surface area contributed by atoms with E-state index in [2.05, 4.69) is 0 Å². The number of sulfonamides is 1. The van der Waals surface area contributed by atoms with Gasteiger partial charge in [-0.1, -0.05) is 36.4 Å². The van der Waals surface area contributed by atoms with Crippen molar-refractivity contribution in [1.82, 2.24) is 4.31 Å². The molecule has 1 saturated heterocycles. The van der Waals surface area contributed by atoms with Gasteiger partial charge in [-0.25, -0.2) is 8.42 Å². The van der Waals surface area contributed by atoms with Gasteiger partial charge in [0.25, 0.3) is 0 Å². The molecule has 0 spiro atoms. The summed E-state index contributed by atoms with van der Waals surface area (Å²) in [6.07, 6.45) is -0.0472.